The van der Waals surface area contributed by atoms with Crippen molar-refractivity contribution < 1.29 is 13.5 Å². The van der Waals surface area contributed by atoms with Crippen LogP contribution in [-0.4, -0.2) is 31.6 Å². The van der Waals surface area contributed by atoms with Gasteiger partial charge in [-0.2, -0.15) is 0 Å². The molecule has 0 saturated heterocycles. The standard InChI is InChI=1S/C13H22O3S/c1-17(15,16)8-12(14)13-5-9-2-10(6-13)4-11(3-9)7-13/h9-12,14H,2-8H2,1H3. The molecule has 0 aliphatic heterocycles. The monoisotopic (exact) mass is 258 g/mol. The van der Waals surface area contributed by atoms with Gasteiger partial charge in [0.1, 0.15) is 9.84 Å². The number of aliphatic hydroxyl groups is 1. The molecule has 4 heteroatoms. The van der Waals surface area contributed by atoms with Crippen LogP contribution in [0, 0.1) is 23.2 Å². The number of rotatable bonds is 3. The van der Waals surface area contributed by atoms with E-state index in [1.807, 2.05) is 0 Å². The van der Waals surface area contributed by atoms with Crippen molar-refractivity contribution in [2.45, 2.75) is 44.6 Å². The van der Waals surface area contributed by atoms with E-state index < -0.39 is 15.9 Å². The number of hydrogen-bond acceptors (Lipinski definition) is 3. The van der Waals surface area contributed by atoms with E-state index in [1.54, 1.807) is 0 Å². The second-order valence-electron chi connectivity index (χ2n) is 6.89. The Morgan fingerprint density at radius 2 is 1.53 bits per heavy atom. The molecule has 4 saturated carbocycles. The summed E-state index contributed by atoms with van der Waals surface area (Å²) in [7, 11) is -3.07. The highest BCUT2D eigenvalue weighted by molar-refractivity contribution is 7.90. The minimum absolute atomic E-state index is 0.0425. The molecule has 1 atom stereocenters. The topological polar surface area (TPSA) is 54.4 Å². The van der Waals surface area contributed by atoms with Crippen LogP contribution in [0.25, 0.3) is 0 Å². The molecular weight excluding hydrogens is 236 g/mol. The second kappa shape index (κ2) is 3.70. The SMILES string of the molecule is CS(=O)(=O)CC(O)C12CC3CC(CC(C3)C1)C2. The Labute approximate surface area is 104 Å². The largest absolute Gasteiger partial charge is 0.391 e. The zero-order chi connectivity index (χ0) is 12.3. The van der Waals surface area contributed by atoms with Crippen LogP contribution in [-0.2, 0) is 9.84 Å². The zero-order valence-electron chi connectivity index (χ0n) is 10.4. The van der Waals surface area contributed by atoms with Crippen LogP contribution in [0.15, 0.2) is 0 Å². The number of aliphatic hydroxyl groups excluding tert-OH is 1. The van der Waals surface area contributed by atoms with Crippen LogP contribution in [0.2, 0.25) is 0 Å². The molecule has 0 aromatic heterocycles. The lowest BCUT2D eigenvalue weighted by molar-refractivity contribution is -0.112. The van der Waals surface area contributed by atoms with Crippen molar-refractivity contribution in [1.29, 1.82) is 0 Å². The third kappa shape index (κ3) is 2.14. The van der Waals surface area contributed by atoms with Crippen LogP contribution in [0.5, 0.6) is 0 Å². The molecule has 4 rings (SSSR count). The second-order valence-corrected chi connectivity index (χ2v) is 9.07. The molecule has 4 fully saturated rings. The molecule has 4 bridgehead atoms. The highest BCUT2D eigenvalue weighted by Gasteiger charge is 2.54. The van der Waals surface area contributed by atoms with Crippen molar-refractivity contribution >= 4 is 9.84 Å². The minimum Gasteiger partial charge on any atom is -0.391 e. The molecule has 1 unspecified atom stereocenters. The lowest BCUT2D eigenvalue weighted by Crippen LogP contribution is -2.53. The molecule has 0 spiro atoms. The van der Waals surface area contributed by atoms with Crippen LogP contribution in [0.4, 0.5) is 0 Å². The van der Waals surface area contributed by atoms with Gasteiger partial charge >= 0.3 is 0 Å². The van der Waals surface area contributed by atoms with Crippen LogP contribution < -0.4 is 0 Å². The highest BCUT2D eigenvalue weighted by Crippen LogP contribution is 2.61. The van der Waals surface area contributed by atoms with Gasteiger partial charge in [0.2, 0.25) is 0 Å². The van der Waals surface area contributed by atoms with Gasteiger partial charge in [-0.05, 0) is 61.7 Å². The molecule has 4 aliphatic carbocycles. The maximum atomic E-state index is 11.4. The lowest BCUT2D eigenvalue weighted by atomic mass is 9.48. The van der Waals surface area contributed by atoms with E-state index in [4.69, 9.17) is 0 Å². The summed E-state index contributed by atoms with van der Waals surface area (Å²) in [6, 6.07) is 0. The number of sulfone groups is 1. The summed E-state index contributed by atoms with van der Waals surface area (Å²) >= 11 is 0. The Kier molecular flexibility index (Phi) is 2.61. The van der Waals surface area contributed by atoms with Crippen LogP contribution in [0.3, 0.4) is 0 Å². The Hall–Kier alpha value is -0.0900. The van der Waals surface area contributed by atoms with Gasteiger partial charge in [0, 0.05) is 6.26 Å². The molecule has 0 aromatic carbocycles. The predicted molar refractivity (Wildman–Crippen MR) is 66.3 cm³/mol. The van der Waals surface area contributed by atoms with E-state index in [9.17, 15) is 13.5 Å². The summed E-state index contributed by atoms with van der Waals surface area (Å²) in [4.78, 5) is 0. The first kappa shape index (κ1) is 12.0. The Balaban J connectivity index is 1.82. The summed E-state index contributed by atoms with van der Waals surface area (Å²) in [5.41, 5.74) is -0.0577. The Morgan fingerprint density at radius 1 is 1.12 bits per heavy atom. The molecule has 1 N–H and O–H groups in total. The van der Waals surface area contributed by atoms with Crippen molar-refractivity contribution in [3.8, 4) is 0 Å². The van der Waals surface area contributed by atoms with Crippen molar-refractivity contribution in [3.05, 3.63) is 0 Å². The lowest BCUT2D eigenvalue weighted by Gasteiger charge is -2.58. The van der Waals surface area contributed by atoms with Gasteiger partial charge in [-0.25, -0.2) is 8.42 Å². The van der Waals surface area contributed by atoms with E-state index in [-0.39, 0.29) is 11.2 Å². The zero-order valence-corrected chi connectivity index (χ0v) is 11.2. The van der Waals surface area contributed by atoms with Gasteiger partial charge in [0.25, 0.3) is 0 Å². The van der Waals surface area contributed by atoms with E-state index in [0.29, 0.717) is 0 Å². The van der Waals surface area contributed by atoms with Crippen LogP contribution >= 0.6 is 0 Å². The van der Waals surface area contributed by atoms with Crippen molar-refractivity contribution in [1.82, 2.24) is 0 Å². The average molecular weight is 258 g/mol. The summed E-state index contributed by atoms with van der Waals surface area (Å²) < 4.78 is 22.7. The fraction of sp³-hybridized carbons (Fsp3) is 1.00. The van der Waals surface area contributed by atoms with E-state index in [2.05, 4.69) is 0 Å². The van der Waals surface area contributed by atoms with Crippen molar-refractivity contribution in [2.24, 2.45) is 23.2 Å². The molecular formula is C13H22O3S. The summed E-state index contributed by atoms with van der Waals surface area (Å²) in [5.74, 6) is 2.24. The summed E-state index contributed by atoms with van der Waals surface area (Å²) in [6.07, 6.45) is 7.77. The third-order valence-electron chi connectivity index (χ3n) is 5.25. The molecule has 3 nitrogen and oxygen atoms in total. The Bertz CT molecular complexity index is 377. The fourth-order valence-electron chi connectivity index (χ4n) is 5.05. The summed E-state index contributed by atoms with van der Waals surface area (Å²) in [5, 5.41) is 10.4. The van der Waals surface area contributed by atoms with Gasteiger partial charge in [-0.1, -0.05) is 0 Å². The van der Waals surface area contributed by atoms with E-state index in [0.717, 1.165) is 37.0 Å². The Morgan fingerprint density at radius 3 is 1.88 bits per heavy atom. The van der Waals surface area contributed by atoms with Crippen molar-refractivity contribution in [2.75, 3.05) is 12.0 Å². The van der Waals surface area contributed by atoms with Gasteiger partial charge in [-0.3, -0.25) is 0 Å². The maximum absolute atomic E-state index is 11.4. The smallest absolute Gasteiger partial charge is 0.150 e. The summed E-state index contributed by atoms with van der Waals surface area (Å²) in [6.45, 7) is 0. The molecule has 4 aliphatic rings. The van der Waals surface area contributed by atoms with Gasteiger partial charge < -0.3 is 5.11 Å². The highest BCUT2D eigenvalue weighted by atomic mass is 32.2. The predicted octanol–water partition coefficient (Wildman–Crippen LogP) is 1.61. The first-order valence-corrected chi connectivity index (χ1v) is 8.78. The average Bonchev–Trinajstić information content (AvgIpc) is 2.12. The molecule has 17 heavy (non-hydrogen) atoms. The maximum Gasteiger partial charge on any atom is 0.150 e. The molecule has 0 aromatic rings. The third-order valence-corrected chi connectivity index (χ3v) is 6.17. The normalized spacial score (nSPS) is 46.1. The molecule has 0 radical (unpaired) electrons. The van der Waals surface area contributed by atoms with Crippen molar-refractivity contribution in [3.63, 3.8) is 0 Å². The van der Waals surface area contributed by atoms with Crippen LogP contribution in [0.1, 0.15) is 38.5 Å². The molecule has 98 valence electrons. The first-order valence-electron chi connectivity index (χ1n) is 6.72. The minimum atomic E-state index is -3.07. The molecule has 0 heterocycles. The van der Waals surface area contributed by atoms with Gasteiger partial charge in [-0.15, -0.1) is 0 Å². The quantitative estimate of drug-likeness (QED) is 0.836. The molecule has 0 amide bonds. The van der Waals surface area contributed by atoms with E-state index >= 15 is 0 Å². The fourth-order valence-corrected chi connectivity index (χ4v) is 5.98. The van der Waals surface area contributed by atoms with E-state index in [1.165, 1.54) is 25.5 Å². The number of hydrogen-bond donors (Lipinski definition) is 1. The van der Waals surface area contributed by atoms with Gasteiger partial charge in [0.05, 0.1) is 11.9 Å². The first-order chi connectivity index (χ1) is 7.86. The van der Waals surface area contributed by atoms with Gasteiger partial charge in [0.15, 0.2) is 0 Å².